The van der Waals surface area contributed by atoms with Crippen molar-refractivity contribution in [2.75, 3.05) is 7.05 Å². The number of hydrogen-bond donors (Lipinski definition) is 2. The molecule has 1 saturated heterocycles. The highest BCUT2D eigenvalue weighted by atomic mass is 16.5. The van der Waals surface area contributed by atoms with Crippen LogP contribution in [-0.2, 0) is 9.59 Å². The number of hydrogen-bond acceptors (Lipinski definition) is 6. The average Bonchev–Trinajstić information content (AvgIpc) is 2.38. The van der Waals surface area contributed by atoms with Gasteiger partial charge in [0.15, 0.2) is 5.49 Å². The lowest BCUT2D eigenvalue weighted by atomic mass is 10.2. The minimum atomic E-state index is -0.933. The van der Waals surface area contributed by atoms with Gasteiger partial charge in [0, 0.05) is 13.2 Å². The number of pyridine rings is 1. The van der Waals surface area contributed by atoms with E-state index in [2.05, 4.69) is 10.2 Å². The Hall–Kier alpha value is -2.97. The van der Waals surface area contributed by atoms with Crippen LogP contribution < -0.4 is 10.8 Å². The Balaban J connectivity index is 2.41. The van der Waals surface area contributed by atoms with E-state index in [1.807, 2.05) is 5.32 Å². The molecule has 2 heterocycles. The third-order valence-corrected chi connectivity index (χ3v) is 2.32. The van der Waals surface area contributed by atoms with Gasteiger partial charge in [0.25, 0.3) is 11.8 Å². The highest BCUT2D eigenvalue weighted by molar-refractivity contribution is 6.68. The van der Waals surface area contributed by atoms with E-state index < -0.39 is 23.6 Å². The molecule has 0 atom stereocenters. The standard InChI is InChI=1S/C10H9N5O4/c1-14-9(17)7(8(16)11-10(14)18)13-12-6-4-2-3-5-15(6)19/h2-5,19H,1H3,(H,11,16,18). The summed E-state index contributed by atoms with van der Waals surface area (Å²) in [5.74, 6) is -1.80. The van der Waals surface area contributed by atoms with Crippen molar-refractivity contribution in [3.63, 3.8) is 0 Å². The molecule has 1 fully saturated rings. The molecular formula is C10H9N5O4. The van der Waals surface area contributed by atoms with Gasteiger partial charge < -0.3 is 5.21 Å². The number of urea groups is 1. The summed E-state index contributed by atoms with van der Waals surface area (Å²) >= 11 is 0. The van der Waals surface area contributed by atoms with E-state index in [0.717, 1.165) is 0 Å². The van der Waals surface area contributed by atoms with Crippen LogP contribution >= 0.6 is 0 Å². The minimum Gasteiger partial charge on any atom is -0.427 e. The molecule has 1 aromatic rings. The van der Waals surface area contributed by atoms with Gasteiger partial charge in [-0.15, -0.1) is 10.2 Å². The van der Waals surface area contributed by atoms with Gasteiger partial charge in [-0.3, -0.25) is 19.8 Å². The van der Waals surface area contributed by atoms with Crippen LogP contribution in [0.5, 0.6) is 0 Å². The molecule has 2 N–H and O–H groups in total. The molecule has 0 radical (unpaired) electrons. The van der Waals surface area contributed by atoms with Crippen molar-refractivity contribution in [2.45, 2.75) is 0 Å². The van der Waals surface area contributed by atoms with Gasteiger partial charge in [0.05, 0.1) is 0 Å². The molecule has 2 rings (SSSR count). The van der Waals surface area contributed by atoms with Crippen LogP contribution in [0.25, 0.3) is 0 Å². The summed E-state index contributed by atoms with van der Waals surface area (Å²) in [5, 5.41) is 18.3. The Labute approximate surface area is 106 Å². The molecular weight excluding hydrogens is 254 g/mol. The molecule has 1 aliphatic rings. The Morgan fingerprint density at radius 3 is 2.63 bits per heavy atom. The second-order valence-electron chi connectivity index (χ2n) is 3.58. The van der Waals surface area contributed by atoms with Crippen LogP contribution in [0.4, 0.5) is 4.79 Å². The van der Waals surface area contributed by atoms with Crippen molar-refractivity contribution in [1.29, 1.82) is 0 Å². The van der Waals surface area contributed by atoms with Gasteiger partial charge in [-0.25, -0.2) is 4.79 Å². The predicted octanol–water partition coefficient (Wildman–Crippen LogP) is -1.31. The maximum Gasteiger partial charge on any atom is 0.331 e. The molecule has 4 amide bonds. The lowest BCUT2D eigenvalue weighted by Crippen LogP contribution is -2.56. The summed E-state index contributed by atoms with van der Waals surface area (Å²) in [6.45, 7) is 0. The van der Waals surface area contributed by atoms with Crippen LogP contribution in [0, 0.1) is 0 Å². The lowest BCUT2D eigenvalue weighted by Gasteiger charge is -2.20. The monoisotopic (exact) mass is 263 g/mol. The third kappa shape index (κ3) is 2.34. The van der Waals surface area contributed by atoms with Crippen LogP contribution in [0.15, 0.2) is 34.6 Å². The number of nitrogens with zero attached hydrogens (tertiary/aromatic N) is 4. The number of aromatic nitrogens is 1. The minimum absolute atomic E-state index is 0.0233. The summed E-state index contributed by atoms with van der Waals surface area (Å²) in [6.07, 6.45) is 1.30. The van der Waals surface area contributed by atoms with E-state index in [1.54, 1.807) is 12.1 Å². The van der Waals surface area contributed by atoms with E-state index in [4.69, 9.17) is 0 Å². The summed E-state index contributed by atoms with van der Waals surface area (Å²) in [7, 11) is 1.20. The van der Waals surface area contributed by atoms with Crippen molar-refractivity contribution >= 4 is 23.6 Å². The highest BCUT2D eigenvalue weighted by Gasteiger charge is 2.35. The van der Waals surface area contributed by atoms with Gasteiger partial charge in [-0.2, -0.15) is 4.73 Å². The third-order valence-electron chi connectivity index (χ3n) is 2.32. The number of carbonyl (C=O) groups excluding carboxylic acids is 3. The van der Waals surface area contributed by atoms with Crippen LogP contribution in [0.3, 0.4) is 0 Å². The van der Waals surface area contributed by atoms with E-state index in [9.17, 15) is 19.6 Å². The Morgan fingerprint density at radius 2 is 1.95 bits per heavy atom. The Kier molecular flexibility index (Phi) is 3.10. The van der Waals surface area contributed by atoms with E-state index in [-0.39, 0.29) is 5.49 Å². The smallest absolute Gasteiger partial charge is 0.331 e. The first kappa shape index (κ1) is 12.5. The fraction of sp³-hybridized carbons (Fsp3) is 0.100. The predicted molar refractivity (Wildman–Crippen MR) is 60.9 cm³/mol. The number of nitrogens with one attached hydrogen (secondary N) is 1. The van der Waals surface area contributed by atoms with Crippen LogP contribution in [-0.4, -0.2) is 45.4 Å². The zero-order valence-corrected chi connectivity index (χ0v) is 9.77. The molecule has 0 spiro atoms. The highest BCUT2D eigenvalue weighted by Crippen LogP contribution is 1.98. The molecule has 0 unspecified atom stereocenters. The molecule has 98 valence electrons. The largest absolute Gasteiger partial charge is 0.427 e. The first-order valence-electron chi connectivity index (χ1n) is 5.12. The molecule has 0 aliphatic carbocycles. The van der Waals surface area contributed by atoms with Crippen LogP contribution in [0.2, 0.25) is 0 Å². The van der Waals surface area contributed by atoms with E-state index in [0.29, 0.717) is 9.63 Å². The van der Waals surface area contributed by atoms with Crippen molar-refractivity contribution in [2.24, 2.45) is 10.2 Å². The van der Waals surface area contributed by atoms with Crippen molar-refractivity contribution in [3.8, 4) is 0 Å². The number of carbonyl (C=O) groups is 3. The van der Waals surface area contributed by atoms with Gasteiger partial charge in [-0.1, -0.05) is 6.07 Å². The maximum atomic E-state index is 11.6. The number of amides is 4. The zero-order valence-electron chi connectivity index (χ0n) is 9.77. The number of barbiturate groups is 1. The molecule has 9 nitrogen and oxygen atoms in total. The van der Waals surface area contributed by atoms with Gasteiger partial charge in [0.1, 0.15) is 0 Å². The normalized spacial score (nSPS) is 19.0. The molecule has 1 aliphatic heterocycles. The topological polar surface area (TPSA) is 116 Å². The molecule has 0 bridgehead atoms. The fourth-order valence-corrected chi connectivity index (χ4v) is 1.28. The van der Waals surface area contributed by atoms with Gasteiger partial charge in [-0.05, 0) is 12.1 Å². The second kappa shape index (κ2) is 4.72. The zero-order chi connectivity index (χ0) is 14.0. The van der Waals surface area contributed by atoms with E-state index in [1.165, 1.54) is 19.3 Å². The lowest BCUT2D eigenvalue weighted by molar-refractivity contribution is -0.124. The summed E-state index contributed by atoms with van der Waals surface area (Å²) in [4.78, 5) is 34.9. The SMILES string of the molecule is CN1C(=O)NC(=O)C(=NN=c2ccccn2O)C1=O. The summed E-state index contributed by atoms with van der Waals surface area (Å²) < 4.78 is 0.671. The summed E-state index contributed by atoms with van der Waals surface area (Å²) in [5.41, 5.74) is -0.513. The number of rotatable bonds is 1. The Bertz CT molecular complexity index is 660. The second-order valence-corrected chi connectivity index (χ2v) is 3.58. The van der Waals surface area contributed by atoms with Crippen molar-refractivity contribution in [3.05, 3.63) is 29.9 Å². The molecule has 0 aromatic carbocycles. The first-order valence-corrected chi connectivity index (χ1v) is 5.12. The molecule has 9 heteroatoms. The average molecular weight is 263 g/mol. The fourth-order valence-electron chi connectivity index (χ4n) is 1.28. The quantitative estimate of drug-likeness (QED) is 0.483. The van der Waals surface area contributed by atoms with Crippen LogP contribution in [0.1, 0.15) is 0 Å². The van der Waals surface area contributed by atoms with Gasteiger partial charge in [0.2, 0.25) is 5.71 Å². The van der Waals surface area contributed by atoms with Gasteiger partial charge >= 0.3 is 6.03 Å². The first-order chi connectivity index (χ1) is 9.00. The molecule has 1 aromatic heterocycles. The molecule has 0 saturated carbocycles. The van der Waals surface area contributed by atoms with Crippen molar-refractivity contribution < 1.29 is 19.6 Å². The maximum absolute atomic E-state index is 11.6. The number of imide groups is 2. The summed E-state index contributed by atoms with van der Waals surface area (Å²) in [6, 6.07) is 3.73. The Morgan fingerprint density at radius 1 is 1.21 bits per heavy atom. The molecule has 19 heavy (non-hydrogen) atoms. The van der Waals surface area contributed by atoms with Crippen molar-refractivity contribution in [1.82, 2.24) is 14.9 Å². The van der Waals surface area contributed by atoms with E-state index >= 15 is 0 Å².